The number of carbonyl (C=O) groups is 1. The zero-order valence-electron chi connectivity index (χ0n) is 18.7. The number of sulfonamides is 1. The van der Waals surface area contributed by atoms with Gasteiger partial charge >= 0.3 is 0 Å². The Morgan fingerprint density at radius 2 is 1.91 bits per heavy atom. The summed E-state index contributed by atoms with van der Waals surface area (Å²) in [6, 6.07) is 8.66. The van der Waals surface area contributed by atoms with Gasteiger partial charge in [-0.05, 0) is 50.1 Å². The molecule has 0 unspecified atom stereocenters. The molecule has 0 saturated carbocycles. The number of halogens is 3. The summed E-state index contributed by atoms with van der Waals surface area (Å²) in [6.45, 7) is 1.46. The van der Waals surface area contributed by atoms with Crippen LogP contribution in [0.3, 0.4) is 0 Å². The Hall–Kier alpha value is -3.44. The van der Waals surface area contributed by atoms with Gasteiger partial charge < -0.3 is 9.84 Å². The minimum absolute atomic E-state index is 0.0702. The van der Waals surface area contributed by atoms with Crippen molar-refractivity contribution in [2.45, 2.75) is 24.7 Å². The molecule has 1 saturated heterocycles. The summed E-state index contributed by atoms with van der Waals surface area (Å²) in [6.07, 6.45) is 3.46. The summed E-state index contributed by atoms with van der Waals surface area (Å²) in [4.78, 5) is 12.5. The lowest BCUT2D eigenvalue weighted by Crippen LogP contribution is -2.44. The largest absolute Gasteiger partial charge is 0.355 e. The second-order valence-corrected chi connectivity index (χ2v) is 10.0. The second-order valence-electron chi connectivity index (χ2n) is 8.13. The molecule has 1 aromatic heterocycles. The van der Waals surface area contributed by atoms with Crippen molar-refractivity contribution in [3.05, 3.63) is 76.9 Å². The number of nitrogens with zero attached hydrogens (tertiary/aromatic N) is 2. The number of aryl methyl sites for hydroxylation is 1. The number of nitrogens with one attached hydrogen (secondary N) is 1. The van der Waals surface area contributed by atoms with Crippen molar-refractivity contribution in [2.24, 2.45) is 5.92 Å². The summed E-state index contributed by atoms with van der Waals surface area (Å²) in [5.41, 5.74) is 0.0428. The predicted molar refractivity (Wildman–Crippen MR) is 123 cm³/mol. The molecule has 184 valence electrons. The van der Waals surface area contributed by atoms with Crippen LogP contribution in [-0.4, -0.2) is 36.9 Å². The first-order valence-corrected chi connectivity index (χ1v) is 12.3. The molecular formula is C24H22F3N3O4S. The number of hydrogen-bond acceptors (Lipinski definition) is 5. The molecule has 1 N–H and O–H groups in total. The number of hydrogen-bond donors (Lipinski definition) is 1. The highest BCUT2D eigenvalue weighted by Crippen LogP contribution is 2.30. The van der Waals surface area contributed by atoms with Crippen molar-refractivity contribution in [3.8, 4) is 0 Å². The van der Waals surface area contributed by atoms with Crippen LogP contribution in [0.5, 0.6) is 0 Å². The van der Waals surface area contributed by atoms with Crippen LogP contribution in [-0.2, 0) is 14.8 Å². The molecule has 0 aliphatic carbocycles. The van der Waals surface area contributed by atoms with Gasteiger partial charge in [0.15, 0.2) is 10.7 Å². The molecule has 11 heteroatoms. The minimum Gasteiger partial charge on any atom is -0.355 e. The Labute approximate surface area is 200 Å². The van der Waals surface area contributed by atoms with Gasteiger partial charge in [0.05, 0.1) is 11.6 Å². The number of carbonyl (C=O) groups excluding carboxylic acids is 1. The predicted octanol–water partition coefficient (Wildman–Crippen LogP) is 4.61. The van der Waals surface area contributed by atoms with E-state index in [-0.39, 0.29) is 40.7 Å². The first kappa shape index (κ1) is 24.7. The standard InChI is InChI=1S/C24H22F3N3O4S/c1-15-23(22(34-29-15)11-8-16-5-2-3-7-19(16)26)35(32,33)30-12-4-6-17(14-30)24(31)28-21-13-18(25)9-10-20(21)27/h2-3,5,7-11,13,17H,4,6,12,14H2,1H3,(H,28,31)/b11-8+/t17-/m1/s1. The van der Waals surface area contributed by atoms with Crippen LogP contribution in [0.2, 0.25) is 0 Å². The zero-order valence-corrected chi connectivity index (χ0v) is 19.5. The summed E-state index contributed by atoms with van der Waals surface area (Å²) in [5.74, 6) is -3.46. The highest BCUT2D eigenvalue weighted by Gasteiger charge is 2.37. The third-order valence-electron chi connectivity index (χ3n) is 5.69. The maximum Gasteiger partial charge on any atom is 0.248 e. The van der Waals surface area contributed by atoms with Crippen molar-refractivity contribution in [1.82, 2.24) is 9.46 Å². The molecule has 4 rings (SSSR count). The van der Waals surface area contributed by atoms with Crippen LogP contribution < -0.4 is 5.32 Å². The van der Waals surface area contributed by atoms with E-state index < -0.39 is 39.3 Å². The maximum absolute atomic E-state index is 13.9. The average Bonchev–Trinajstić information content (AvgIpc) is 3.22. The SMILES string of the molecule is Cc1noc(/C=C/c2ccccc2F)c1S(=O)(=O)N1CCC[C@@H](C(=O)Nc2cc(F)ccc2F)C1. The van der Waals surface area contributed by atoms with Gasteiger partial charge in [0, 0.05) is 24.7 Å². The summed E-state index contributed by atoms with van der Waals surface area (Å²) >= 11 is 0. The maximum atomic E-state index is 13.9. The third kappa shape index (κ3) is 5.30. The molecule has 0 radical (unpaired) electrons. The average molecular weight is 506 g/mol. The molecule has 1 amide bonds. The molecule has 0 bridgehead atoms. The summed E-state index contributed by atoms with van der Waals surface area (Å²) in [5, 5.41) is 6.10. The smallest absolute Gasteiger partial charge is 0.248 e. The number of anilines is 1. The fraction of sp³-hybridized carbons (Fsp3) is 0.250. The van der Waals surface area contributed by atoms with E-state index in [9.17, 15) is 26.4 Å². The molecule has 2 aromatic carbocycles. The van der Waals surface area contributed by atoms with Crippen molar-refractivity contribution < 1.29 is 30.9 Å². The monoisotopic (exact) mass is 505 g/mol. The molecule has 35 heavy (non-hydrogen) atoms. The zero-order chi connectivity index (χ0) is 25.2. The number of aromatic nitrogens is 1. The van der Waals surface area contributed by atoms with Gasteiger partial charge in [0.1, 0.15) is 23.1 Å². The topological polar surface area (TPSA) is 92.5 Å². The molecule has 1 aliphatic heterocycles. The molecule has 1 atom stereocenters. The quantitative estimate of drug-likeness (QED) is 0.528. The lowest BCUT2D eigenvalue weighted by Gasteiger charge is -2.31. The lowest BCUT2D eigenvalue weighted by atomic mass is 9.98. The number of rotatable bonds is 6. The Bertz CT molecular complexity index is 1390. The van der Waals surface area contributed by atoms with Crippen LogP contribution >= 0.6 is 0 Å². The van der Waals surface area contributed by atoms with Crippen LogP contribution in [0.25, 0.3) is 12.2 Å². The first-order valence-electron chi connectivity index (χ1n) is 10.8. The van der Waals surface area contributed by atoms with Crippen molar-refractivity contribution in [2.75, 3.05) is 18.4 Å². The molecule has 2 heterocycles. The van der Waals surface area contributed by atoms with Gasteiger partial charge in [0.2, 0.25) is 15.9 Å². The Kier molecular flexibility index (Phi) is 7.08. The Morgan fingerprint density at radius 1 is 1.14 bits per heavy atom. The van der Waals surface area contributed by atoms with Gasteiger partial charge in [-0.1, -0.05) is 23.4 Å². The van der Waals surface area contributed by atoms with E-state index in [1.165, 1.54) is 37.3 Å². The van der Waals surface area contributed by atoms with E-state index in [0.717, 1.165) is 22.5 Å². The molecular weight excluding hydrogens is 483 g/mol. The van der Waals surface area contributed by atoms with Gasteiger partial charge in [-0.25, -0.2) is 21.6 Å². The van der Waals surface area contributed by atoms with Gasteiger partial charge in [-0.3, -0.25) is 4.79 Å². The normalized spacial score (nSPS) is 17.1. The van der Waals surface area contributed by atoms with Crippen molar-refractivity contribution >= 4 is 33.8 Å². The fourth-order valence-electron chi connectivity index (χ4n) is 3.91. The Morgan fingerprint density at radius 3 is 2.69 bits per heavy atom. The van der Waals surface area contributed by atoms with Gasteiger partial charge in [0.25, 0.3) is 0 Å². The highest BCUT2D eigenvalue weighted by atomic mass is 32.2. The minimum atomic E-state index is -4.13. The van der Waals surface area contributed by atoms with E-state index >= 15 is 0 Å². The van der Waals surface area contributed by atoms with E-state index in [4.69, 9.17) is 4.52 Å². The Balaban J connectivity index is 1.55. The number of benzene rings is 2. The molecule has 0 spiro atoms. The van der Waals surface area contributed by atoms with Crippen molar-refractivity contribution in [3.63, 3.8) is 0 Å². The van der Waals surface area contributed by atoms with Gasteiger partial charge in [-0.2, -0.15) is 4.31 Å². The fourth-order valence-corrected chi connectivity index (χ4v) is 5.68. The van der Waals surface area contributed by atoms with Crippen molar-refractivity contribution in [1.29, 1.82) is 0 Å². The molecule has 1 aliphatic rings. The van der Waals surface area contributed by atoms with E-state index in [2.05, 4.69) is 10.5 Å². The summed E-state index contributed by atoms with van der Waals surface area (Å²) < 4.78 is 74.6. The lowest BCUT2D eigenvalue weighted by molar-refractivity contribution is -0.120. The van der Waals surface area contributed by atoms with E-state index in [1.807, 2.05) is 0 Å². The van der Waals surface area contributed by atoms with E-state index in [1.54, 1.807) is 6.07 Å². The van der Waals surface area contributed by atoms with E-state index in [0.29, 0.717) is 12.8 Å². The first-order chi connectivity index (χ1) is 16.7. The van der Waals surface area contributed by atoms with Crippen LogP contribution in [0.4, 0.5) is 18.9 Å². The van der Waals surface area contributed by atoms with Crippen LogP contribution in [0.15, 0.2) is 51.9 Å². The molecule has 3 aromatic rings. The summed E-state index contributed by atoms with van der Waals surface area (Å²) in [7, 11) is -4.13. The highest BCUT2D eigenvalue weighted by molar-refractivity contribution is 7.89. The molecule has 1 fully saturated rings. The third-order valence-corrected chi connectivity index (χ3v) is 7.72. The van der Waals surface area contributed by atoms with Gasteiger partial charge in [-0.15, -0.1) is 0 Å². The number of piperidine rings is 1. The number of amides is 1. The van der Waals surface area contributed by atoms with Crippen LogP contribution in [0.1, 0.15) is 29.9 Å². The second kappa shape index (κ2) is 10.0. The molecule has 7 nitrogen and oxygen atoms in total. The van der Waals surface area contributed by atoms with Crippen LogP contribution in [0, 0.1) is 30.3 Å².